The van der Waals surface area contributed by atoms with E-state index < -0.39 is 10.0 Å². The van der Waals surface area contributed by atoms with Crippen LogP contribution in [-0.2, 0) is 10.0 Å². The Labute approximate surface area is 150 Å². The minimum atomic E-state index is -3.30. The molecule has 2 heterocycles. The Hall–Kier alpha value is -1.77. The molecule has 1 saturated heterocycles. The van der Waals surface area contributed by atoms with E-state index in [1.165, 1.54) is 17.4 Å². The van der Waals surface area contributed by atoms with Gasteiger partial charge in [0, 0.05) is 29.6 Å². The van der Waals surface area contributed by atoms with Crippen molar-refractivity contribution < 1.29 is 17.6 Å². The minimum absolute atomic E-state index is 0.146. The second-order valence-electron chi connectivity index (χ2n) is 6.12. The van der Waals surface area contributed by atoms with E-state index in [0.717, 1.165) is 12.7 Å². The van der Waals surface area contributed by atoms with Crippen molar-refractivity contribution in [1.82, 2.24) is 9.62 Å². The van der Waals surface area contributed by atoms with Gasteiger partial charge in [-0.2, -0.15) is 0 Å². The monoisotopic (exact) mass is 382 g/mol. The van der Waals surface area contributed by atoms with E-state index >= 15 is 0 Å². The molecule has 1 amide bonds. The lowest BCUT2D eigenvalue weighted by atomic mass is 10.1. The van der Waals surface area contributed by atoms with E-state index in [1.807, 2.05) is 0 Å². The summed E-state index contributed by atoms with van der Waals surface area (Å²) in [5.41, 5.74) is 0.474. The molecule has 1 fully saturated rings. The molecule has 0 saturated carbocycles. The molecule has 0 spiro atoms. The van der Waals surface area contributed by atoms with E-state index in [0.29, 0.717) is 34.8 Å². The highest BCUT2D eigenvalue weighted by atomic mass is 32.2. The van der Waals surface area contributed by atoms with Gasteiger partial charge in [0.1, 0.15) is 5.82 Å². The lowest BCUT2D eigenvalue weighted by molar-refractivity contribution is 0.0708. The smallest absolute Gasteiger partial charge is 0.263 e. The van der Waals surface area contributed by atoms with Crippen molar-refractivity contribution >= 4 is 27.3 Å². The largest absolute Gasteiger partial charge is 0.336 e. The summed E-state index contributed by atoms with van der Waals surface area (Å²) >= 11 is 1.25. The van der Waals surface area contributed by atoms with Gasteiger partial charge in [-0.1, -0.05) is 18.2 Å². The summed E-state index contributed by atoms with van der Waals surface area (Å²) in [5, 5.41) is 0. The molecule has 5 nitrogen and oxygen atoms in total. The van der Waals surface area contributed by atoms with Crippen LogP contribution in [0.5, 0.6) is 0 Å². The number of nitrogens with zero attached hydrogens (tertiary/aromatic N) is 1. The van der Waals surface area contributed by atoms with Crippen LogP contribution in [0.1, 0.15) is 22.5 Å². The third kappa shape index (κ3) is 4.45. The van der Waals surface area contributed by atoms with Gasteiger partial charge < -0.3 is 4.90 Å². The zero-order chi connectivity index (χ0) is 18.0. The van der Waals surface area contributed by atoms with Crippen molar-refractivity contribution in [2.75, 3.05) is 19.3 Å². The van der Waals surface area contributed by atoms with Crippen molar-refractivity contribution in [1.29, 1.82) is 0 Å². The van der Waals surface area contributed by atoms with Gasteiger partial charge in [-0.15, -0.1) is 11.3 Å². The Balaban J connectivity index is 1.74. The van der Waals surface area contributed by atoms with Gasteiger partial charge in [0.2, 0.25) is 10.0 Å². The van der Waals surface area contributed by atoms with Crippen LogP contribution < -0.4 is 4.72 Å². The maximum atomic E-state index is 13.9. The Morgan fingerprint density at radius 2 is 2.04 bits per heavy atom. The summed E-state index contributed by atoms with van der Waals surface area (Å²) in [5.74, 6) is -0.466. The molecule has 0 aliphatic carbocycles. The van der Waals surface area contributed by atoms with Gasteiger partial charge in [-0.25, -0.2) is 17.5 Å². The quantitative estimate of drug-likeness (QED) is 0.884. The number of benzene rings is 1. The summed E-state index contributed by atoms with van der Waals surface area (Å²) in [6, 6.07) is 9.63. The van der Waals surface area contributed by atoms with Crippen LogP contribution in [0.15, 0.2) is 36.4 Å². The van der Waals surface area contributed by atoms with Gasteiger partial charge in [0.05, 0.1) is 11.1 Å². The Morgan fingerprint density at radius 3 is 2.76 bits per heavy atom. The maximum absolute atomic E-state index is 13.9. The van der Waals surface area contributed by atoms with E-state index in [9.17, 15) is 17.6 Å². The zero-order valence-electron chi connectivity index (χ0n) is 13.7. The first-order chi connectivity index (χ1) is 11.8. The number of nitrogens with one attached hydrogen (secondary N) is 1. The van der Waals surface area contributed by atoms with Gasteiger partial charge in [0.15, 0.2) is 0 Å². The van der Waals surface area contributed by atoms with Crippen LogP contribution in [0.3, 0.4) is 0 Å². The second-order valence-corrected chi connectivity index (χ2v) is 8.99. The number of carbonyl (C=O) groups excluding carboxylic acids is 1. The highest BCUT2D eigenvalue weighted by molar-refractivity contribution is 7.88. The molecule has 25 heavy (non-hydrogen) atoms. The Bertz CT molecular complexity index is 880. The van der Waals surface area contributed by atoms with E-state index in [-0.39, 0.29) is 17.8 Å². The summed E-state index contributed by atoms with van der Waals surface area (Å²) in [6.45, 7) is 0.937. The van der Waals surface area contributed by atoms with Crippen LogP contribution in [0, 0.1) is 5.82 Å². The standard InChI is InChI=1S/C17H19FN2O3S2/c1-25(22,23)19-12-5-4-10-20(11-12)17(21)16-9-8-15(24-16)13-6-2-3-7-14(13)18/h2-3,6-9,12,19H,4-5,10-11H2,1H3/t12-/m1/s1. The number of rotatable bonds is 4. The predicted molar refractivity (Wildman–Crippen MR) is 96.6 cm³/mol. The fraction of sp³-hybridized carbons (Fsp3) is 0.353. The van der Waals surface area contributed by atoms with Crippen molar-refractivity contribution in [3.63, 3.8) is 0 Å². The molecule has 0 unspecified atom stereocenters. The van der Waals surface area contributed by atoms with Crippen LogP contribution in [0.2, 0.25) is 0 Å². The molecule has 1 aliphatic heterocycles. The number of hydrogen-bond donors (Lipinski definition) is 1. The van der Waals surface area contributed by atoms with E-state index in [2.05, 4.69) is 4.72 Å². The number of likely N-dealkylation sites (tertiary alicyclic amines) is 1. The Morgan fingerprint density at radius 1 is 1.28 bits per heavy atom. The van der Waals surface area contributed by atoms with Gasteiger partial charge in [0.25, 0.3) is 5.91 Å². The van der Waals surface area contributed by atoms with E-state index in [1.54, 1.807) is 35.2 Å². The van der Waals surface area contributed by atoms with Crippen LogP contribution >= 0.6 is 11.3 Å². The number of halogens is 1. The highest BCUT2D eigenvalue weighted by Gasteiger charge is 2.27. The lowest BCUT2D eigenvalue weighted by Crippen LogP contribution is -2.49. The molecule has 1 aliphatic rings. The van der Waals surface area contributed by atoms with Crippen molar-refractivity contribution in [3.8, 4) is 10.4 Å². The average Bonchev–Trinajstić information content (AvgIpc) is 3.03. The number of carbonyl (C=O) groups is 1. The molecule has 1 aromatic carbocycles. The molecule has 1 aromatic heterocycles. The molecule has 1 N–H and O–H groups in total. The van der Waals surface area contributed by atoms with Crippen molar-refractivity contribution in [2.24, 2.45) is 0 Å². The van der Waals surface area contributed by atoms with Gasteiger partial charge in [-0.05, 0) is 31.0 Å². The first kappa shape index (κ1) is 18.0. The third-order valence-corrected chi connectivity index (χ3v) is 5.91. The second kappa shape index (κ2) is 7.23. The number of sulfonamides is 1. The predicted octanol–water partition coefficient (Wildman–Crippen LogP) is 2.71. The first-order valence-electron chi connectivity index (χ1n) is 7.95. The summed E-state index contributed by atoms with van der Waals surface area (Å²) in [6.07, 6.45) is 2.57. The molecule has 8 heteroatoms. The Kier molecular flexibility index (Phi) is 5.21. The molecule has 2 aromatic rings. The van der Waals surface area contributed by atoms with Crippen LogP contribution in [0.25, 0.3) is 10.4 Å². The summed E-state index contributed by atoms with van der Waals surface area (Å²) in [7, 11) is -3.30. The first-order valence-corrected chi connectivity index (χ1v) is 10.7. The number of piperidine rings is 1. The summed E-state index contributed by atoms with van der Waals surface area (Å²) < 4.78 is 39.2. The topological polar surface area (TPSA) is 66.5 Å². The minimum Gasteiger partial charge on any atom is -0.336 e. The molecule has 3 rings (SSSR count). The summed E-state index contributed by atoms with van der Waals surface area (Å²) in [4.78, 5) is 15.6. The van der Waals surface area contributed by atoms with Crippen LogP contribution in [0.4, 0.5) is 4.39 Å². The third-order valence-electron chi connectivity index (χ3n) is 4.05. The number of hydrogen-bond acceptors (Lipinski definition) is 4. The fourth-order valence-corrected chi connectivity index (χ4v) is 4.77. The molecular formula is C17H19FN2O3S2. The number of amides is 1. The van der Waals surface area contributed by atoms with Gasteiger partial charge in [-0.3, -0.25) is 4.79 Å². The molecule has 0 bridgehead atoms. The number of thiophene rings is 1. The van der Waals surface area contributed by atoms with Crippen LogP contribution in [-0.4, -0.2) is 44.6 Å². The normalized spacial score (nSPS) is 18.3. The molecule has 134 valence electrons. The zero-order valence-corrected chi connectivity index (χ0v) is 15.4. The van der Waals surface area contributed by atoms with Gasteiger partial charge >= 0.3 is 0 Å². The maximum Gasteiger partial charge on any atom is 0.263 e. The SMILES string of the molecule is CS(=O)(=O)N[C@@H]1CCCN(C(=O)c2ccc(-c3ccccc3F)s2)C1. The lowest BCUT2D eigenvalue weighted by Gasteiger charge is -2.32. The van der Waals surface area contributed by atoms with Crippen molar-refractivity contribution in [2.45, 2.75) is 18.9 Å². The van der Waals surface area contributed by atoms with Crippen molar-refractivity contribution in [3.05, 3.63) is 47.1 Å². The molecule has 0 radical (unpaired) electrons. The van der Waals surface area contributed by atoms with E-state index in [4.69, 9.17) is 0 Å². The molecule has 1 atom stereocenters. The fourth-order valence-electron chi connectivity index (χ4n) is 2.98. The molecular weight excluding hydrogens is 363 g/mol. The average molecular weight is 382 g/mol. The highest BCUT2D eigenvalue weighted by Crippen LogP contribution is 2.31.